The molecule has 3 saturated heterocycles. The number of carbonyl (C=O) groups excluding carboxylic acids is 1. The van der Waals surface area contributed by atoms with E-state index in [1.807, 2.05) is 0 Å². The topological polar surface area (TPSA) is 75.0 Å². The van der Waals surface area contributed by atoms with Crippen LogP contribution in [0.4, 0.5) is 5.82 Å². The van der Waals surface area contributed by atoms with Crippen LogP contribution in [0.3, 0.4) is 0 Å². The van der Waals surface area contributed by atoms with Crippen LogP contribution in [0.25, 0.3) is 0 Å². The van der Waals surface area contributed by atoms with Crippen LogP contribution in [0.2, 0.25) is 0 Å². The predicted octanol–water partition coefficient (Wildman–Crippen LogP) is 0.906. The van der Waals surface area contributed by atoms with E-state index in [4.69, 9.17) is 5.73 Å². The van der Waals surface area contributed by atoms with Gasteiger partial charge in [-0.05, 0) is 44.8 Å². The van der Waals surface area contributed by atoms with Crippen LogP contribution in [0.5, 0.6) is 0 Å². The molecule has 3 N–H and O–H groups in total. The molecule has 2 bridgehead atoms. The van der Waals surface area contributed by atoms with Gasteiger partial charge in [-0.3, -0.25) is 9.89 Å². The molecule has 4 heterocycles. The third-order valence-corrected chi connectivity index (χ3v) is 4.14. The van der Waals surface area contributed by atoms with Gasteiger partial charge in [-0.2, -0.15) is 5.10 Å². The maximum atomic E-state index is 12.4. The summed E-state index contributed by atoms with van der Waals surface area (Å²) in [6.45, 7) is 3.35. The molecule has 1 unspecified atom stereocenters. The van der Waals surface area contributed by atoms with E-state index in [1.165, 1.54) is 0 Å². The monoisotopic (exact) mass is 234 g/mol. The molecule has 0 saturated carbocycles. The summed E-state index contributed by atoms with van der Waals surface area (Å²) >= 11 is 0. The lowest BCUT2D eigenvalue weighted by molar-refractivity contribution is 0.0854. The van der Waals surface area contributed by atoms with Crippen LogP contribution >= 0.6 is 0 Å². The van der Waals surface area contributed by atoms with Crippen molar-refractivity contribution in [1.82, 2.24) is 15.1 Å². The number of nitrogen functional groups attached to an aromatic ring is 1. The van der Waals surface area contributed by atoms with Crippen LogP contribution in [0.1, 0.15) is 29.8 Å². The third kappa shape index (κ3) is 1.95. The van der Waals surface area contributed by atoms with Gasteiger partial charge in [0.15, 0.2) is 5.78 Å². The Morgan fingerprint density at radius 3 is 2.71 bits per heavy atom. The number of ketones is 1. The number of piperidine rings is 1. The number of anilines is 1. The van der Waals surface area contributed by atoms with E-state index in [-0.39, 0.29) is 11.7 Å². The van der Waals surface area contributed by atoms with Crippen LogP contribution in [0.15, 0.2) is 6.07 Å². The summed E-state index contributed by atoms with van der Waals surface area (Å²) in [5.74, 6) is 1.33. The molecule has 1 aromatic rings. The second kappa shape index (κ2) is 4.14. The maximum absolute atomic E-state index is 12.4. The van der Waals surface area contributed by atoms with Crippen molar-refractivity contribution in [2.24, 2.45) is 11.8 Å². The highest BCUT2D eigenvalue weighted by molar-refractivity contribution is 5.96. The van der Waals surface area contributed by atoms with E-state index in [0.717, 1.165) is 38.9 Å². The molecule has 92 valence electrons. The Balaban J connectivity index is 1.81. The molecule has 1 atom stereocenters. The molecule has 0 aliphatic carbocycles. The lowest BCUT2D eigenvalue weighted by atomic mass is 9.81. The van der Waals surface area contributed by atoms with Crippen molar-refractivity contribution in [3.8, 4) is 0 Å². The first-order chi connectivity index (χ1) is 8.24. The number of nitrogens with one attached hydrogen (secondary N) is 1. The van der Waals surface area contributed by atoms with E-state index in [2.05, 4.69) is 15.1 Å². The fourth-order valence-corrected chi connectivity index (χ4v) is 3.13. The van der Waals surface area contributed by atoms with Gasteiger partial charge >= 0.3 is 0 Å². The van der Waals surface area contributed by atoms with E-state index in [9.17, 15) is 4.79 Å². The van der Waals surface area contributed by atoms with Gasteiger partial charge in [0, 0.05) is 12.0 Å². The number of aromatic amines is 1. The Bertz CT molecular complexity index is 420. The van der Waals surface area contributed by atoms with E-state index >= 15 is 0 Å². The number of hydrogen-bond acceptors (Lipinski definition) is 4. The second-order valence-electron chi connectivity index (χ2n) is 5.15. The minimum Gasteiger partial charge on any atom is -0.384 e. The minimum atomic E-state index is 0.144. The molecule has 0 radical (unpaired) electrons. The summed E-state index contributed by atoms with van der Waals surface area (Å²) in [7, 11) is 0. The largest absolute Gasteiger partial charge is 0.384 e. The number of carbonyl (C=O) groups is 1. The molecule has 17 heavy (non-hydrogen) atoms. The number of H-pyrrole nitrogens is 1. The number of nitrogens with zero attached hydrogens (tertiary/aromatic N) is 2. The standard InChI is InChI=1S/C12H18N4O/c13-11-7-10(14-15-11)12(17)9-3-6-16-4-1-8(9)2-5-16/h7-9H,1-6H2,(H3,13,14,15). The van der Waals surface area contributed by atoms with Gasteiger partial charge in [0.2, 0.25) is 0 Å². The predicted molar refractivity (Wildman–Crippen MR) is 64.6 cm³/mol. The molecule has 3 fully saturated rings. The average Bonchev–Trinajstić information content (AvgIpc) is 2.58. The Labute approximate surface area is 100 Å². The maximum Gasteiger partial charge on any atom is 0.186 e. The molecule has 3 aliphatic rings. The van der Waals surface area contributed by atoms with Gasteiger partial charge in [0.25, 0.3) is 0 Å². The van der Waals surface area contributed by atoms with Crippen molar-refractivity contribution in [2.45, 2.75) is 19.3 Å². The van der Waals surface area contributed by atoms with Crippen molar-refractivity contribution in [1.29, 1.82) is 0 Å². The highest BCUT2D eigenvalue weighted by Crippen LogP contribution is 2.33. The summed E-state index contributed by atoms with van der Waals surface area (Å²) < 4.78 is 0. The number of hydrogen-bond donors (Lipinski definition) is 2. The first-order valence-corrected chi connectivity index (χ1v) is 6.31. The van der Waals surface area contributed by atoms with E-state index in [0.29, 0.717) is 17.4 Å². The number of fused-ring (bicyclic) bond motifs is 4. The molecular weight excluding hydrogens is 216 g/mol. The zero-order valence-corrected chi connectivity index (χ0v) is 9.85. The SMILES string of the molecule is Nc1cc(C(=O)C2CCN3CCC2CC3)n[nH]1. The van der Waals surface area contributed by atoms with Crippen molar-refractivity contribution in [2.75, 3.05) is 25.4 Å². The molecule has 5 nitrogen and oxygen atoms in total. The van der Waals surface area contributed by atoms with Gasteiger partial charge in [-0.1, -0.05) is 0 Å². The molecule has 4 rings (SSSR count). The Kier molecular flexibility index (Phi) is 2.63. The summed E-state index contributed by atoms with van der Waals surface area (Å²) in [5, 5.41) is 6.63. The molecule has 0 aromatic carbocycles. The second-order valence-corrected chi connectivity index (χ2v) is 5.15. The Morgan fingerprint density at radius 2 is 2.06 bits per heavy atom. The summed E-state index contributed by atoms with van der Waals surface area (Å²) in [4.78, 5) is 14.9. The Hall–Kier alpha value is -1.36. The summed E-state index contributed by atoms with van der Waals surface area (Å²) in [6, 6.07) is 1.65. The first kappa shape index (κ1) is 10.8. The van der Waals surface area contributed by atoms with Gasteiger partial charge in [0.05, 0.1) is 0 Å². The van der Waals surface area contributed by atoms with Crippen LogP contribution in [-0.4, -0.2) is 40.5 Å². The van der Waals surface area contributed by atoms with Gasteiger partial charge < -0.3 is 10.6 Å². The lowest BCUT2D eigenvalue weighted by Gasteiger charge is -2.28. The normalized spacial score (nSPS) is 32.4. The molecule has 0 spiro atoms. The van der Waals surface area contributed by atoms with Gasteiger partial charge in [-0.15, -0.1) is 0 Å². The molecule has 0 amide bonds. The highest BCUT2D eigenvalue weighted by Gasteiger charge is 2.36. The number of nitrogens with two attached hydrogens (primary N) is 1. The van der Waals surface area contributed by atoms with Crippen molar-refractivity contribution in [3.05, 3.63) is 11.8 Å². The van der Waals surface area contributed by atoms with Crippen molar-refractivity contribution in [3.63, 3.8) is 0 Å². The fraction of sp³-hybridized carbons (Fsp3) is 0.667. The van der Waals surface area contributed by atoms with Crippen molar-refractivity contribution < 1.29 is 4.79 Å². The third-order valence-electron chi connectivity index (χ3n) is 4.14. The minimum absolute atomic E-state index is 0.144. The summed E-state index contributed by atoms with van der Waals surface area (Å²) in [5.41, 5.74) is 6.08. The van der Waals surface area contributed by atoms with E-state index in [1.54, 1.807) is 6.07 Å². The first-order valence-electron chi connectivity index (χ1n) is 6.31. The number of rotatable bonds is 2. The molecule has 3 aliphatic heterocycles. The average molecular weight is 234 g/mol. The number of Topliss-reactive ketones (excluding diaryl/α,β-unsaturated/α-hetero) is 1. The quantitative estimate of drug-likeness (QED) is 0.746. The number of aromatic nitrogens is 2. The Morgan fingerprint density at radius 1 is 1.35 bits per heavy atom. The zero-order valence-electron chi connectivity index (χ0n) is 9.85. The van der Waals surface area contributed by atoms with Crippen LogP contribution in [-0.2, 0) is 0 Å². The van der Waals surface area contributed by atoms with Gasteiger partial charge in [-0.25, -0.2) is 0 Å². The fourth-order valence-electron chi connectivity index (χ4n) is 3.13. The van der Waals surface area contributed by atoms with E-state index < -0.39 is 0 Å². The van der Waals surface area contributed by atoms with Gasteiger partial charge in [0.1, 0.15) is 11.5 Å². The molecule has 1 aromatic heterocycles. The lowest BCUT2D eigenvalue weighted by Crippen LogP contribution is -2.31. The molecule has 5 heteroatoms. The highest BCUT2D eigenvalue weighted by atomic mass is 16.1. The van der Waals surface area contributed by atoms with Crippen LogP contribution < -0.4 is 5.73 Å². The zero-order chi connectivity index (χ0) is 11.8. The van der Waals surface area contributed by atoms with Crippen molar-refractivity contribution >= 4 is 11.6 Å². The molecular formula is C12H18N4O. The summed E-state index contributed by atoms with van der Waals surface area (Å²) in [6.07, 6.45) is 3.27. The smallest absolute Gasteiger partial charge is 0.186 e. The van der Waals surface area contributed by atoms with Crippen LogP contribution in [0, 0.1) is 11.8 Å².